The Morgan fingerprint density at radius 1 is 1.38 bits per heavy atom. The Balaban J connectivity index is 1.93. The van der Waals surface area contributed by atoms with Crippen molar-refractivity contribution in [2.24, 2.45) is 0 Å². The van der Waals surface area contributed by atoms with Gasteiger partial charge in [0.05, 0.1) is 12.0 Å². The standard InChI is InChI=1S/C16H19FN2O2/c1-11(5-7-14-4-3-9-21-14)18-13-6-8-15(17)16(10-13)19-12(2)20/h3-4,6,8-11,18H,5,7H2,1-2H3,(H,19,20). The van der Waals surface area contributed by atoms with Gasteiger partial charge >= 0.3 is 0 Å². The fraction of sp³-hybridized carbons (Fsp3) is 0.312. The average Bonchev–Trinajstić information content (AvgIpc) is 2.93. The number of nitrogens with one attached hydrogen (secondary N) is 2. The van der Waals surface area contributed by atoms with Crippen LogP contribution in [0.2, 0.25) is 0 Å². The van der Waals surface area contributed by atoms with E-state index in [4.69, 9.17) is 4.42 Å². The zero-order valence-corrected chi connectivity index (χ0v) is 12.2. The molecular formula is C16H19FN2O2. The normalized spacial score (nSPS) is 12.0. The lowest BCUT2D eigenvalue weighted by Crippen LogP contribution is -2.16. The highest BCUT2D eigenvalue weighted by Crippen LogP contribution is 2.21. The van der Waals surface area contributed by atoms with E-state index >= 15 is 0 Å². The van der Waals surface area contributed by atoms with Crippen LogP contribution in [-0.4, -0.2) is 11.9 Å². The molecule has 1 heterocycles. The van der Waals surface area contributed by atoms with E-state index in [-0.39, 0.29) is 17.6 Å². The van der Waals surface area contributed by atoms with E-state index in [1.165, 1.54) is 13.0 Å². The van der Waals surface area contributed by atoms with E-state index in [0.29, 0.717) is 0 Å². The number of benzene rings is 1. The van der Waals surface area contributed by atoms with Gasteiger partial charge in [-0.05, 0) is 43.7 Å². The van der Waals surface area contributed by atoms with Gasteiger partial charge in [-0.1, -0.05) is 0 Å². The lowest BCUT2D eigenvalue weighted by molar-refractivity contribution is -0.114. The second-order valence-corrected chi connectivity index (χ2v) is 5.04. The Morgan fingerprint density at radius 3 is 2.86 bits per heavy atom. The van der Waals surface area contributed by atoms with Crippen molar-refractivity contribution < 1.29 is 13.6 Å². The molecule has 1 atom stereocenters. The van der Waals surface area contributed by atoms with Crippen molar-refractivity contribution in [3.8, 4) is 0 Å². The average molecular weight is 290 g/mol. The highest BCUT2D eigenvalue weighted by atomic mass is 19.1. The molecule has 0 aliphatic rings. The summed E-state index contributed by atoms with van der Waals surface area (Å²) in [5, 5.41) is 5.76. The topological polar surface area (TPSA) is 54.3 Å². The van der Waals surface area contributed by atoms with Gasteiger partial charge in [0, 0.05) is 25.1 Å². The maximum Gasteiger partial charge on any atom is 0.221 e. The van der Waals surface area contributed by atoms with Crippen LogP contribution in [0.15, 0.2) is 41.0 Å². The molecule has 2 N–H and O–H groups in total. The van der Waals surface area contributed by atoms with Crippen molar-refractivity contribution in [1.29, 1.82) is 0 Å². The number of anilines is 2. The molecule has 2 aromatic rings. The fourth-order valence-electron chi connectivity index (χ4n) is 2.07. The van der Waals surface area contributed by atoms with Crippen LogP contribution in [0.4, 0.5) is 15.8 Å². The number of halogens is 1. The van der Waals surface area contributed by atoms with Crippen molar-refractivity contribution >= 4 is 17.3 Å². The third kappa shape index (κ3) is 4.63. The van der Waals surface area contributed by atoms with Gasteiger partial charge in [-0.15, -0.1) is 0 Å². The number of hydrogen-bond donors (Lipinski definition) is 2. The molecule has 5 heteroatoms. The van der Waals surface area contributed by atoms with E-state index in [0.717, 1.165) is 24.3 Å². The van der Waals surface area contributed by atoms with Gasteiger partial charge in [-0.2, -0.15) is 0 Å². The van der Waals surface area contributed by atoms with Crippen molar-refractivity contribution in [2.75, 3.05) is 10.6 Å². The molecule has 1 unspecified atom stereocenters. The van der Waals surface area contributed by atoms with Crippen LogP contribution >= 0.6 is 0 Å². The van der Waals surface area contributed by atoms with E-state index in [9.17, 15) is 9.18 Å². The number of amides is 1. The molecule has 0 saturated carbocycles. The number of carbonyl (C=O) groups excluding carboxylic acids is 1. The van der Waals surface area contributed by atoms with Gasteiger partial charge < -0.3 is 15.1 Å². The van der Waals surface area contributed by atoms with Gasteiger partial charge in [0.2, 0.25) is 5.91 Å². The van der Waals surface area contributed by atoms with Crippen LogP contribution < -0.4 is 10.6 Å². The smallest absolute Gasteiger partial charge is 0.221 e. The second-order valence-electron chi connectivity index (χ2n) is 5.04. The van der Waals surface area contributed by atoms with Crippen LogP contribution in [0.1, 0.15) is 26.0 Å². The van der Waals surface area contributed by atoms with Gasteiger partial charge in [0.1, 0.15) is 11.6 Å². The first-order valence-corrected chi connectivity index (χ1v) is 6.90. The molecule has 0 radical (unpaired) electrons. The lowest BCUT2D eigenvalue weighted by Gasteiger charge is -2.16. The predicted molar refractivity (Wildman–Crippen MR) is 80.8 cm³/mol. The number of hydrogen-bond acceptors (Lipinski definition) is 3. The molecule has 0 spiro atoms. The van der Waals surface area contributed by atoms with E-state index in [1.807, 2.05) is 19.1 Å². The molecule has 1 amide bonds. The van der Waals surface area contributed by atoms with E-state index < -0.39 is 5.82 Å². The molecule has 4 nitrogen and oxygen atoms in total. The quantitative estimate of drug-likeness (QED) is 0.850. The summed E-state index contributed by atoms with van der Waals surface area (Å²) in [6.45, 7) is 3.40. The Labute approximate surface area is 123 Å². The maximum absolute atomic E-state index is 13.5. The number of furan rings is 1. The summed E-state index contributed by atoms with van der Waals surface area (Å²) in [5.74, 6) is 0.206. The van der Waals surface area contributed by atoms with Crippen LogP contribution in [0, 0.1) is 5.82 Å². The molecular weight excluding hydrogens is 271 g/mol. The summed E-state index contributed by atoms with van der Waals surface area (Å²) >= 11 is 0. The summed E-state index contributed by atoms with van der Waals surface area (Å²) in [6.07, 6.45) is 3.38. The molecule has 112 valence electrons. The van der Waals surface area contributed by atoms with E-state index in [1.54, 1.807) is 18.4 Å². The van der Waals surface area contributed by atoms with Crippen molar-refractivity contribution in [3.05, 3.63) is 48.2 Å². The lowest BCUT2D eigenvalue weighted by atomic mass is 10.1. The first kappa shape index (κ1) is 15.1. The minimum atomic E-state index is -0.445. The molecule has 21 heavy (non-hydrogen) atoms. The zero-order valence-electron chi connectivity index (χ0n) is 12.2. The summed E-state index contributed by atoms with van der Waals surface area (Å²) in [7, 11) is 0. The van der Waals surface area contributed by atoms with Crippen molar-refractivity contribution in [3.63, 3.8) is 0 Å². The Kier molecular flexibility index (Phi) is 4.98. The highest BCUT2D eigenvalue weighted by Gasteiger charge is 2.08. The molecule has 0 bridgehead atoms. The van der Waals surface area contributed by atoms with Gasteiger partial charge in [0.25, 0.3) is 0 Å². The van der Waals surface area contributed by atoms with Crippen LogP contribution in [-0.2, 0) is 11.2 Å². The number of rotatable bonds is 6. The van der Waals surface area contributed by atoms with Gasteiger partial charge in [-0.3, -0.25) is 4.79 Å². The highest BCUT2D eigenvalue weighted by molar-refractivity contribution is 5.89. The Bertz CT molecular complexity index is 596. The summed E-state index contributed by atoms with van der Waals surface area (Å²) < 4.78 is 18.8. The largest absolute Gasteiger partial charge is 0.469 e. The molecule has 0 saturated heterocycles. The zero-order chi connectivity index (χ0) is 15.2. The molecule has 2 rings (SSSR count). The molecule has 1 aromatic carbocycles. The van der Waals surface area contributed by atoms with Crippen LogP contribution in [0.3, 0.4) is 0 Å². The summed E-state index contributed by atoms with van der Waals surface area (Å²) in [4.78, 5) is 11.0. The first-order chi connectivity index (χ1) is 10.0. The van der Waals surface area contributed by atoms with Crippen molar-refractivity contribution in [1.82, 2.24) is 0 Å². The predicted octanol–water partition coefficient (Wildman–Crippen LogP) is 3.81. The minimum absolute atomic E-state index is 0.186. The van der Waals surface area contributed by atoms with Crippen LogP contribution in [0.5, 0.6) is 0 Å². The molecule has 0 fully saturated rings. The van der Waals surface area contributed by atoms with Gasteiger partial charge in [0.15, 0.2) is 0 Å². The second kappa shape index (κ2) is 6.92. The third-order valence-corrected chi connectivity index (χ3v) is 3.09. The van der Waals surface area contributed by atoms with Crippen LogP contribution in [0.25, 0.3) is 0 Å². The fourth-order valence-corrected chi connectivity index (χ4v) is 2.07. The summed E-state index contributed by atoms with van der Waals surface area (Å²) in [6, 6.07) is 8.61. The first-order valence-electron chi connectivity index (χ1n) is 6.90. The molecule has 0 aliphatic heterocycles. The molecule has 1 aromatic heterocycles. The summed E-state index contributed by atoms with van der Waals surface area (Å²) in [5.41, 5.74) is 0.956. The van der Waals surface area contributed by atoms with Gasteiger partial charge in [-0.25, -0.2) is 4.39 Å². The molecule has 0 aliphatic carbocycles. The number of carbonyl (C=O) groups is 1. The number of aryl methyl sites for hydroxylation is 1. The monoisotopic (exact) mass is 290 g/mol. The Morgan fingerprint density at radius 2 is 2.19 bits per heavy atom. The SMILES string of the molecule is CC(=O)Nc1cc(NC(C)CCc2ccco2)ccc1F. The Hall–Kier alpha value is -2.30. The maximum atomic E-state index is 13.5. The van der Waals surface area contributed by atoms with E-state index in [2.05, 4.69) is 10.6 Å². The third-order valence-electron chi connectivity index (χ3n) is 3.09. The minimum Gasteiger partial charge on any atom is -0.469 e. The van der Waals surface area contributed by atoms with Crippen molar-refractivity contribution in [2.45, 2.75) is 32.7 Å².